The average molecular weight is 405 g/mol. The van der Waals surface area contributed by atoms with Gasteiger partial charge in [-0.15, -0.1) is 0 Å². The summed E-state index contributed by atoms with van der Waals surface area (Å²) in [5.74, 6) is 1.36. The number of methoxy groups -OCH3 is 1. The van der Waals surface area contributed by atoms with Crippen LogP contribution in [-0.4, -0.2) is 38.6 Å². The van der Waals surface area contributed by atoms with Gasteiger partial charge in [0, 0.05) is 12.1 Å². The summed E-state index contributed by atoms with van der Waals surface area (Å²) < 4.78 is 11.1. The van der Waals surface area contributed by atoms with E-state index in [1.165, 1.54) is 0 Å². The van der Waals surface area contributed by atoms with Crippen LogP contribution in [0.2, 0.25) is 0 Å². The second-order valence-electron chi connectivity index (χ2n) is 7.26. The Labute approximate surface area is 178 Å². The fourth-order valence-electron chi connectivity index (χ4n) is 3.18. The van der Waals surface area contributed by atoms with Gasteiger partial charge in [0.1, 0.15) is 18.1 Å². The first-order valence-electron chi connectivity index (χ1n) is 9.92. The highest BCUT2D eigenvalue weighted by Gasteiger charge is 2.16. The summed E-state index contributed by atoms with van der Waals surface area (Å²) in [4.78, 5) is 14.8. The van der Waals surface area contributed by atoms with E-state index in [4.69, 9.17) is 9.47 Å². The minimum absolute atomic E-state index is 0.0531. The van der Waals surface area contributed by atoms with E-state index >= 15 is 0 Å². The van der Waals surface area contributed by atoms with Gasteiger partial charge in [-0.3, -0.25) is 4.79 Å². The standard InChI is InChI=1S/C25H28N2O3/c1-27(2)24(20-12-14-22(29-3)15-13-20)17-26-25(28)21-10-7-11-23(16-21)30-18-19-8-5-4-6-9-19/h4-16,24H,17-18H2,1-3H3,(H,26,28). The number of hydrogen-bond acceptors (Lipinski definition) is 4. The summed E-state index contributed by atoms with van der Waals surface area (Å²) in [5, 5.41) is 3.04. The number of ether oxygens (including phenoxy) is 2. The van der Waals surface area contributed by atoms with E-state index in [1.807, 2.05) is 80.8 Å². The van der Waals surface area contributed by atoms with Gasteiger partial charge in [-0.05, 0) is 55.6 Å². The lowest BCUT2D eigenvalue weighted by atomic mass is 10.1. The molecule has 0 aliphatic carbocycles. The molecule has 1 atom stereocenters. The molecule has 0 fully saturated rings. The lowest BCUT2D eigenvalue weighted by molar-refractivity contribution is 0.0941. The fourth-order valence-corrected chi connectivity index (χ4v) is 3.18. The second kappa shape index (κ2) is 10.5. The van der Waals surface area contributed by atoms with Crippen molar-refractivity contribution in [3.8, 4) is 11.5 Å². The SMILES string of the molecule is COc1ccc(C(CNC(=O)c2cccc(OCc3ccccc3)c2)N(C)C)cc1. The van der Waals surface area contributed by atoms with Crippen LogP contribution in [0.25, 0.3) is 0 Å². The van der Waals surface area contributed by atoms with E-state index in [1.54, 1.807) is 19.2 Å². The molecule has 5 heteroatoms. The smallest absolute Gasteiger partial charge is 0.251 e. The topological polar surface area (TPSA) is 50.8 Å². The van der Waals surface area contributed by atoms with Gasteiger partial charge in [0.15, 0.2) is 0 Å². The summed E-state index contributed by atoms with van der Waals surface area (Å²) >= 11 is 0. The number of nitrogens with zero attached hydrogens (tertiary/aromatic N) is 1. The minimum atomic E-state index is -0.125. The van der Waals surface area contributed by atoms with Gasteiger partial charge >= 0.3 is 0 Å². The molecule has 0 heterocycles. The Kier molecular flexibility index (Phi) is 7.46. The number of nitrogens with one attached hydrogen (secondary N) is 1. The summed E-state index contributed by atoms with van der Waals surface area (Å²) in [7, 11) is 5.65. The van der Waals surface area contributed by atoms with Crippen molar-refractivity contribution in [2.45, 2.75) is 12.6 Å². The highest BCUT2D eigenvalue weighted by molar-refractivity contribution is 5.94. The molecule has 3 aromatic carbocycles. The van der Waals surface area contributed by atoms with Gasteiger partial charge in [-0.25, -0.2) is 0 Å². The highest BCUT2D eigenvalue weighted by atomic mass is 16.5. The fraction of sp³-hybridized carbons (Fsp3) is 0.240. The monoisotopic (exact) mass is 404 g/mol. The third kappa shape index (κ3) is 5.84. The predicted molar refractivity (Wildman–Crippen MR) is 119 cm³/mol. The average Bonchev–Trinajstić information content (AvgIpc) is 2.79. The highest BCUT2D eigenvalue weighted by Crippen LogP contribution is 2.21. The van der Waals surface area contributed by atoms with Gasteiger partial charge < -0.3 is 19.7 Å². The molecule has 0 aliphatic heterocycles. The van der Waals surface area contributed by atoms with Crippen molar-refractivity contribution in [1.29, 1.82) is 0 Å². The third-order valence-corrected chi connectivity index (χ3v) is 4.92. The Morgan fingerprint density at radius 3 is 2.33 bits per heavy atom. The Morgan fingerprint density at radius 2 is 1.67 bits per heavy atom. The molecule has 0 saturated heterocycles. The summed E-state index contributed by atoms with van der Waals surface area (Å²) in [5.41, 5.74) is 2.77. The second-order valence-corrected chi connectivity index (χ2v) is 7.26. The normalized spacial score (nSPS) is 11.7. The van der Waals surface area contributed by atoms with Crippen LogP contribution >= 0.6 is 0 Å². The summed E-state index contributed by atoms with van der Waals surface area (Å²) in [6.45, 7) is 0.958. The molecule has 1 unspecified atom stereocenters. The number of hydrogen-bond donors (Lipinski definition) is 1. The largest absolute Gasteiger partial charge is 0.497 e. The van der Waals surface area contributed by atoms with E-state index in [9.17, 15) is 4.79 Å². The first-order valence-corrected chi connectivity index (χ1v) is 9.92. The van der Waals surface area contributed by atoms with E-state index < -0.39 is 0 Å². The molecule has 0 radical (unpaired) electrons. The molecule has 1 N–H and O–H groups in total. The zero-order valence-corrected chi connectivity index (χ0v) is 17.7. The molecule has 5 nitrogen and oxygen atoms in total. The van der Waals surface area contributed by atoms with Crippen LogP contribution in [0.1, 0.15) is 27.5 Å². The molecule has 0 bridgehead atoms. The minimum Gasteiger partial charge on any atom is -0.497 e. The van der Waals surface area contributed by atoms with E-state index in [2.05, 4.69) is 10.2 Å². The molecular formula is C25H28N2O3. The van der Waals surface area contributed by atoms with E-state index in [0.29, 0.717) is 24.5 Å². The van der Waals surface area contributed by atoms with Crippen molar-refractivity contribution in [2.24, 2.45) is 0 Å². The van der Waals surface area contributed by atoms with Crippen molar-refractivity contribution in [2.75, 3.05) is 27.7 Å². The number of rotatable bonds is 9. The van der Waals surface area contributed by atoms with Crippen LogP contribution in [0.15, 0.2) is 78.9 Å². The number of amides is 1. The number of carbonyl (C=O) groups is 1. The zero-order chi connectivity index (χ0) is 21.3. The first kappa shape index (κ1) is 21.4. The molecule has 3 rings (SSSR count). The van der Waals surface area contributed by atoms with Crippen molar-refractivity contribution >= 4 is 5.91 Å². The summed E-state index contributed by atoms with van der Waals surface area (Å²) in [6.07, 6.45) is 0. The van der Waals surface area contributed by atoms with Crippen molar-refractivity contribution in [3.63, 3.8) is 0 Å². The maximum atomic E-state index is 12.7. The number of carbonyl (C=O) groups excluding carboxylic acids is 1. The summed E-state index contributed by atoms with van der Waals surface area (Å²) in [6, 6.07) is 25.2. The van der Waals surface area contributed by atoms with Crippen LogP contribution in [0.5, 0.6) is 11.5 Å². The Morgan fingerprint density at radius 1 is 0.933 bits per heavy atom. The third-order valence-electron chi connectivity index (χ3n) is 4.92. The molecular weight excluding hydrogens is 376 g/mol. The van der Waals surface area contributed by atoms with Crippen molar-refractivity contribution < 1.29 is 14.3 Å². The first-order chi connectivity index (χ1) is 14.6. The van der Waals surface area contributed by atoms with Gasteiger partial charge in [0.05, 0.1) is 13.2 Å². The van der Waals surface area contributed by atoms with Gasteiger partial charge in [-0.2, -0.15) is 0 Å². The number of benzene rings is 3. The predicted octanol–water partition coefficient (Wildman–Crippen LogP) is 4.31. The molecule has 0 aromatic heterocycles. The van der Waals surface area contributed by atoms with E-state index in [-0.39, 0.29) is 11.9 Å². The molecule has 156 valence electrons. The Hall–Kier alpha value is -3.31. The van der Waals surface area contributed by atoms with E-state index in [0.717, 1.165) is 16.9 Å². The molecule has 3 aromatic rings. The molecule has 30 heavy (non-hydrogen) atoms. The van der Waals surface area contributed by atoms with Crippen LogP contribution in [0, 0.1) is 0 Å². The van der Waals surface area contributed by atoms with Crippen molar-refractivity contribution in [3.05, 3.63) is 95.6 Å². The van der Waals surface area contributed by atoms with Crippen LogP contribution in [-0.2, 0) is 6.61 Å². The lowest BCUT2D eigenvalue weighted by Gasteiger charge is -2.25. The Balaban J connectivity index is 1.61. The number of likely N-dealkylation sites (N-methyl/N-ethyl adjacent to an activating group) is 1. The Bertz CT molecular complexity index is 940. The molecule has 0 spiro atoms. The van der Waals surface area contributed by atoms with Crippen LogP contribution in [0.3, 0.4) is 0 Å². The quantitative estimate of drug-likeness (QED) is 0.578. The van der Waals surface area contributed by atoms with Crippen molar-refractivity contribution in [1.82, 2.24) is 10.2 Å². The zero-order valence-electron chi connectivity index (χ0n) is 17.7. The van der Waals surface area contributed by atoms with Gasteiger partial charge in [0.25, 0.3) is 5.91 Å². The van der Waals surface area contributed by atoms with Gasteiger partial charge in [0.2, 0.25) is 0 Å². The lowest BCUT2D eigenvalue weighted by Crippen LogP contribution is -2.34. The maximum Gasteiger partial charge on any atom is 0.251 e. The molecule has 1 amide bonds. The van der Waals surface area contributed by atoms with Gasteiger partial charge in [-0.1, -0.05) is 48.5 Å². The van der Waals surface area contributed by atoms with Crippen LogP contribution < -0.4 is 14.8 Å². The molecule has 0 aliphatic rings. The van der Waals surface area contributed by atoms with Crippen LogP contribution in [0.4, 0.5) is 0 Å². The maximum absolute atomic E-state index is 12.7. The molecule has 0 saturated carbocycles.